The Morgan fingerprint density at radius 3 is 2.67 bits per heavy atom. The van der Waals surface area contributed by atoms with Gasteiger partial charge >= 0.3 is 0 Å². The van der Waals surface area contributed by atoms with Crippen molar-refractivity contribution in [3.05, 3.63) is 63.2 Å². The van der Waals surface area contributed by atoms with E-state index < -0.39 is 4.92 Å². The van der Waals surface area contributed by atoms with Gasteiger partial charge in [0.2, 0.25) is 0 Å². The van der Waals surface area contributed by atoms with Gasteiger partial charge in [0, 0.05) is 24.7 Å². The average molecular weight is 326 g/mol. The fourth-order valence-corrected chi connectivity index (χ4v) is 3.02. The van der Waals surface area contributed by atoms with E-state index in [1.54, 1.807) is 19.2 Å². The molecule has 1 aliphatic heterocycles. The van der Waals surface area contributed by atoms with Crippen LogP contribution in [0.1, 0.15) is 28.4 Å². The number of benzene rings is 2. The number of nitrogens with zero attached hydrogens (tertiary/aromatic N) is 2. The van der Waals surface area contributed by atoms with Crippen molar-refractivity contribution in [3.8, 4) is 5.75 Å². The van der Waals surface area contributed by atoms with Crippen LogP contribution in [0.2, 0.25) is 0 Å². The molecule has 0 N–H and O–H groups in total. The second kappa shape index (κ2) is 6.31. The largest absolute Gasteiger partial charge is 0.497 e. The van der Waals surface area contributed by atoms with E-state index >= 15 is 0 Å². The zero-order chi connectivity index (χ0) is 17.3. The van der Waals surface area contributed by atoms with Crippen LogP contribution < -0.4 is 9.64 Å². The first-order chi connectivity index (χ1) is 11.5. The Labute approximate surface area is 139 Å². The number of nitro benzene ring substituents is 1. The van der Waals surface area contributed by atoms with Crippen LogP contribution in [0.15, 0.2) is 36.4 Å². The number of ether oxygens (including phenoxy) is 1. The van der Waals surface area contributed by atoms with E-state index in [2.05, 4.69) is 0 Å². The summed E-state index contributed by atoms with van der Waals surface area (Å²) in [6.45, 7) is 2.68. The van der Waals surface area contributed by atoms with Gasteiger partial charge in [-0.05, 0) is 48.7 Å². The first-order valence-corrected chi connectivity index (χ1v) is 7.69. The Morgan fingerprint density at radius 2 is 2.00 bits per heavy atom. The topological polar surface area (TPSA) is 72.7 Å². The van der Waals surface area contributed by atoms with Crippen LogP contribution in [0.3, 0.4) is 0 Å². The number of Topliss-reactive ketones (excluding diaryl/α,β-unsaturated/α-hetero) is 1. The van der Waals surface area contributed by atoms with Crippen LogP contribution in [-0.2, 0) is 13.0 Å². The molecule has 0 bridgehead atoms. The maximum absolute atomic E-state index is 11.5. The van der Waals surface area contributed by atoms with Crippen molar-refractivity contribution in [2.75, 3.05) is 18.6 Å². The molecule has 0 amide bonds. The van der Waals surface area contributed by atoms with Crippen molar-refractivity contribution in [1.29, 1.82) is 0 Å². The molecule has 0 saturated heterocycles. The van der Waals surface area contributed by atoms with Gasteiger partial charge in [-0.1, -0.05) is 6.07 Å². The summed E-state index contributed by atoms with van der Waals surface area (Å²) in [4.78, 5) is 24.5. The van der Waals surface area contributed by atoms with E-state index in [0.29, 0.717) is 24.3 Å². The second-order valence-corrected chi connectivity index (χ2v) is 5.82. The predicted octanol–water partition coefficient (Wildman–Crippen LogP) is 3.37. The van der Waals surface area contributed by atoms with E-state index in [-0.39, 0.29) is 11.5 Å². The van der Waals surface area contributed by atoms with Crippen molar-refractivity contribution >= 4 is 17.2 Å². The molecule has 0 aromatic heterocycles. The van der Waals surface area contributed by atoms with Crippen molar-refractivity contribution in [1.82, 2.24) is 0 Å². The molecule has 2 aromatic rings. The average Bonchev–Trinajstić information content (AvgIpc) is 2.60. The van der Waals surface area contributed by atoms with Gasteiger partial charge in [0.1, 0.15) is 11.4 Å². The number of hydrogen-bond acceptors (Lipinski definition) is 5. The molecule has 1 heterocycles. The van der Waals surface area contributed by atoms with Gasteiger partial charge < -0.3 is 9.64 Å². The summed E-state index contributed by atoms with van der Waals surface area (Å²) < 4.78 is 5.26. The lowest BCUT2D eigenvalue weighted by atomic mass is 9.98. The SMILES string of the molecule is COc1ccc2c(c1)CN(c1ccc(C(C)=O)cc1[N+](=O)[O-])CC2. The predicted molar refractivity (Wildman–Crippen MR) is 90.8 cm³/mol. The first kappa shape index (κ1) is 16.0. The minimum Gasteiger partial charge on any atom is -0.497 e. The van der Waals surface area contributed by atoms with Crippen LogP contribution in [0.4, 0.5) is 11.4 Å². The third-order valence-corrected chi connectivity index (χ3v) is 4.35. The van der Waals surface area contributed by atoms with Gasteiger partial charge in [0.25, 0.3) is 5.69 Å². The molecule has 3 rings (SSSR count). The highest BCUT2D eigenvalue weighted by atomic mass is 16.6. The van der Waals surface area contributed by atoms with Crippen molar-refractivity contribution in [3.63, 3.8) is 0 Å². The molecule has 0 radical (unpaired) electrons. The second-order valence-electron chi connectivity index (χ2n) is 5.82. The maximum atomic E-state index is 11.5. The van der Waals surface area contributed by atoms with E-state index in [9.17, 15) is 14.9 Å². The quantitative estimate of drug-likeness (QED) is 0.489. The molecule has 0 spiro atoms. The Morgan fingerprint density at radius 1 is 1.21 bits per heavy atom. The lowest BCUT2D eigenvalue weighted by molar-refractivity contribution is -0.384. The van der Waals surface area contributed by atoms with Gasteiger partial charge in [0.15, 0.2) is 5.78 Å². The standard InChI is InChI=1S/C18H18N2O4/c1-12(21)14-4-6-17(18(10-14)20(22)23)19-8-7-13-3-5-16(24-2)9-15(13)11-19/h3-6,9-10H,7-8,11H2,1-2H3. The van der Waals surface area contributed by atoms with Crippen molar-refractivity contribution < 1.29 is 14.5 Å². The van der Waals surface area contributed by atoms with Crippen molar-refractivity contribution in [2.24, 2.45) is 0 Å². The number of ketones is 1. The van der Waals surface area contributed by atoms with E-state index in [1.165, 1.54) is 18.6 Å². The van der Waals surface area contributed by atoms with Gasteiger partial charge in [-0.2, -0.15) is 0 Å². The fraction of sp³-hybridized carbons (Fsp3) is 0.278. The van der Waals surface area contributed by atoms with Crippen LogP contribution in [0.5, 0.6) is 5.75 Å². The number of methoxy groups -OCH3 is 1. The van der Waals surface area contributed by atoms with Gasteiger partial charge in [-0.15, -0.1) is 0 Å². The highest BCUT2D eigenvalue weighted by Gasteiger charge is 2.24. The number of anilines is 1. The normalized spacial score (nSPS) is 13.3. The lowest BCUT2D eigenvalue weighted by Crippen LogP contribution is -2.30. The van der Waals surface area contributed by atoms with Gasteiger partial charge in [-0.3, -0.25) is 14.9 Å². The van der Waals surface area contributed by atoms with E-state index in [0.717, 1.165) is 17.7 Å². The van der Waals surface area contributed by atoms with Crippen LogP contribution in [-0.4, -0.2) is 24.4 Å². The molecular formula is C18H18N2O4. The summed E-state index contributed by atoms with van der Waals surface area (Å²) in [5.41, 5.74) is 3.19. The zero-order valence-corrected chi connectivity index (χ0v) is 13.6. The molecule has 6 heteroatoms. The molecule has 124 valence electrons. The Balaban J connectivity index is 1.97. The summed E-state index contributed by atoms with van der Waals surface area (Å²) in [6.07, 6.45) is 0.810. The number of carbonyl (C=O) groups is 1. The minimum atomic E-state index is -0.428. The lowest BCUT2D eigenvalue weighted by Gasteiger charge is -2.30. The summed E-state index contributed by atoms with van der Waals surface area (Å²) in [6, 6.07) is 10.6. The van der Waals surface area contributed by atoms with E-state index in [4.69, 9.17) is 4.74 Å². The molecule has 2 aromatic carbocycles. The Bertz CT molecular complexity index is 817. The van der Waals surface area contributed by atoms with Crippen LogP contribution >= 0.6 is 0 Å². The van der Waals surface area contributed by atoms with Crippen molar-refractivity contribution in [2.45, 2.75) is 19.9 Å². The molecule has 0 saturated carbocycles. The molecule has 24 heavy (non-hydrogen) atoms. The summed E-state index contributed by atoms with van der Waals surface area (Å²) in [5.74, 6) is 0.593. The fourth-order valence-electron chi connectivity index (χ4n) is 3.02. The monoisotopic (exact) mass is 326 g/mol. The molecule has 1 aliphatic rings. The maximum Gasteiger partial charge on any atom is 0.293 e. The Kier molecular flexibility index (Phi) is 4.20. The molecular weight excluding hydrogens is 308 g/mol. The summed E-state index contributed by atoms with van der Waals surface area (Å²) in [7, 11) is 1.62. The first-order valence-electron chi connectivity index (χ1n) is 7.69. The number of carbonyl (C=O) groups excluding carboxylic acids is 1. The summed E-state index contributed by atoms with van der Waals surface area (Å²) >= 11 is 0. The third kappa shape index (κ3) is 2.95. The number of fused-ring (bicyclic) bond motifs is 1. The highest BCUT2D eigenvalue weighted by molar-refractivity contribution is 5.95. The Hall–Kier alpha value is -2.89. The third-order valence-electron chi connectivity index (χ3n) is 4.35. The smallest absolute Gasteiger partial charge is 0.293 e. The van der Waals surface area contributed by atoms with Crippen LogP contribution in [0, 0.1) is 10.1 Å². The molecule has 6 nitrogen and oxygen atoms in total. The number of hydrogen-bond donors (Lipinski definition) is 0. The van der Waals surface area contributed by atoms with Gasteiger partial charge in [-0.25, -0.2) is 0 Å². The number of rotatable bonds is 4. The molecule has 0 aliphatic carbocycles. The molecule has 0 fully saturated rings. The van der Waals surface area contributed by atoms with Gasteiger partial charge in [0.05, 0.1) is 12.0 Å². The highest BCUT2D eigenvalue weighted by Crippen LogP contribution is 2.34. The van der Waals surface area contributed by atoms with E-state index in [1.807, 2.05) is 23.1 Å². The summed E-state index contributed by atoms with van der Waals surface area (Å²) in [5, 5.41) is 11.4. The molecule has 0 atom stereocenters. The minimum absolute atomic E-state index is 0.0333. The molecule has 0 unspecified atom stereocenters. The zero-order valence-electron chi connectivity index (χ0n) is 13.6. The van der Waals surface area contributed by atoms with Crippen LogP contribution in [0.25, 0.3) is 0 Å². The number of nitro groups is 1.